The van der Waals surface area contributed by atoms with Crippen molar-refractivity contribution in [1.82, 2.24) is 4.98 Å². The molecule has 0 atom stereocenters. The van der Waals surface area contributed by atoms with Gasteiger partial charge in [0.1, 0.15) is 6.61 Å². The fourth-order valence-corrected chi connectivity index (χ4v) is 2.21. The summed E-state index contributed by atoms with van der Waals surface area (Å²) in [6, 6.07) is 13.0. The summed E-state index contributed by atoms with van der Waals surface area (Å²) in [4.78, 5) is 3.22. The molecule has 4 N–H and O–H groups in total. The van der Waals surface area contributed by atoms with Gasteiger partial charge in [-0.2, -0.15) is 0 Å². The van der Waals surface area contributed by atoms with Crippen molar-refractivity contribution >= 4 is 10.9 Å². The molecule has 4 nitrogen and oxygen atoms in total. The topological polar surface area (TPSA) is 71.3 Å². The number of phenolic OH excluding ortho intramolecular Hbond substituents is 1. The predicted molar refractivity (Wildman–Crippen MR) is 78.6 cm³/mol. The summed E-state index contributed by atoms with van der Waals surface area (Å²) in [6.45, 7) is 0.929. The average Bonchev–Trinajstić information content (AvgIpc) is 2.88. The number of aromatic hydroxyl groups is 1. The van der Waals surface area contributed by atoms with Crippen molar-refractivity contribution < 1.29 is 9.84 Å². The lowest BCUT2D eigenvalue weighted by atomic mass is 10.1. The largest absolute Gasteiger partial charge is 0.504 e. The van der Waals surface area contributed by atoms with E-state index in [2.05, 4.69) is 4.98 Å². The lowest BCUT2D eigenvalue weighted by molar-refractivity contribution is 0.290. The lowest BCUT2D eigenvalue weighted by Gasteiger charge is -2.07. The van der Waals surface area contributed by atoms with Crippen LogP contribution in [0.15, 0.2) is 48.7 Å². The number of hydrogen-bond acceptors (Lipinski definition) is 3. The van der Waals surface area contributed by atoms with Gasteiger partial charge in [-0.25, -0.2) is 0 Å². The molecule has 102 valence electrons. The Labute approximate surface area is 116 Å². The van der Waals surface area contributed by atoms with Crippen molar-refractivity contribution in [2.45, 2.75) is 13.2 Å². The summed E-state index contributed by atoms with van der Waals surface area (Å²) in [6.07, 6.45) is 1.92. The first-order chi connectivity index (χ1) is 9.78. The van der Waals surface area contributed by atoms with E-state index in [0.29, 0.717) is 18.9 Å². The van der Waals surface area contributed by atoms with Crippen LogP contribution in [0.4, 0.5) is 0 Å². The number of aromatic nitrogens is 1. The number of H-pyrrole nitrogens is 1. The first-order valence-electron chi connectivity index (χ1n) is 6.47. The minimum atomic E-state index is 0.151. The fourth-order valence-electron chi connectivity index (χ4n) is 2.21. The van der Waals surface area contributed by atoms with Crippen LogP contribution in [0.3, 0.4) is 0 Å². The maximum atomic E-state index is 9.67. The van der Waals surface area contributed by atoms with Gasteiger partial charge < -0.3 is 20.6 Å². The zero-order valence-corrected chi connectivity index (χ0v) is 11.0. The van der Waals surface area contributed by atoms with Crippen LogP contribution >= 0.6 is 0 Å². The van der Waals surface area contributed by atoms with Gasteiger partial charge in [0.15, 0.2) is 11.5 Å². The second-order valence-corrected chi connectivity index (χ2v) is 4.65. The van der Waals surface area contributed by atoms with E-state index < -0.39 is 0 Å². The van der Waals surface area contributed by atoms with Crippen LogP contribution in [0.25, 0.3) is 10.9 Å². The molecule has 1 aromatic heterocycles. The van der Waals surface area contributed by atoms with Crippen molar-refractivity contribution in [3.63, 3.8) is 0 Å². The molecule has 0 saturated heterocycles. The molecule has 0 bridgehead atoms. The van der Waals surface area contributed by atoms with E-state index in [0.717, 1.165) is 22.0 Å². The number of phenols is 1. The number of fused-ring (bicyclic) bond motifs is 1. The third-order valence-corrected chi connectivity index (χ3v) is 3.32. The highest BCUT2D eigenvalue weighted by molar-refractivity contribution is 5.83. The standard InChI is InChI=1S/C16H16N2O2/c17-8-11-5-6-13-12(9-18-14(13)7-11)10-20-16-4-2-1-3-15(16)19/h1-7,9,18-19H,8,10,17H2. The van der Waals surface area contributed by atoms with Crippen molar-refractivity contribution in [1.29, 1.82) is 0 Å². The van der Waals surface area contributed by atoms with E-state index in [9.17, 15) is 5.11 Å². The SMILES string of the molecule is NCc1ccc2c(COc3ccccc3O)c[nH]c2c1. The molecule has 0 saturated carbocycles. The molecule has 0 amide bonds. The van der Waals surface area contributed by atoms with Crippen molar-refractivity contribution in [3.8, 4) is 11.5 Å². The van der Waals surface area contributed by atoms with Gasteiger partial charge in [0.05, 0.1) is 0 Å². The summed E-state index contributed by atoms with van der Waals surface area (Å²) in [7, 11) is 0. The maximum Gasteiger partial charge on any atom is 0.161 e. The quantitative estimate of drug-likeness (QED) is 0.681. The van der Waals surface area contributed by atoms with Gasteiger partial charge in [-0.05, 0) is 23.8 Å². The lowest BCUT2D eigenvalue weighted by Crippen LogP contribution is -1.96. The zero-order chi connectivity index (χ0) is 13.9. The van der Waals surface area contributed by atoms with E-state index in [4.69, 9.17) is 10.5 Å². The normalized spacial score (nSPS) is 10.8. The van der Waals surface area contributed by atoms with Crippen LogP contribution < -0.4 is 10.5 Å². The number of nitrogens with two attached hydrogens (primary N) is 1. The first kappa shape index (κ1) is 12.6. The molecule has 2 aromatic carbocycles. The molecule has 20 heavy (non-hydrogen) atoms. The smallest absolute Gasteiger partial charge is 0.161 e. The highest BCUT2D eigenvalue weighted by atomic mass is 16.5. The molecule has 3 rings (SSSR count). The number of hydrogen-bond donors (Lipinski definition) is 3. The van der Waals surface area contributed by atoms with E-state index in [1.54, 1.807) is 18.2 Å². The molecule has 1 heterocycles. The number of para-hydroxylation sites is 2. The van der Waals surface area contributed by atoms with Crippen LogP contribution in [-0.2, 0) is 13.2 Å². The van der Waals surface area contributed by atoms with Gasteiger partial charge in [-0.1, -0.05) is 24.3 Å². The molecule has 0 radical (unpaired) electrons. The van der Waals surface area contributed by atoms with Gasteiger partial charge in [0.25, 0.3) is 0 Å². The number of ether oxygens (including phenoxy) is 1. The van der Waals surface area contributed by atoms with Crippen molar-refractivity contribution in [2.75, 3.05) is 0 Å². The van der Waals surface area contributed by atoms with Crippen molar-refractivity contribution in [2.24, 2.45) is 5.73 Å². The number of benzene rings is 2. The van der Waals surface area contributed by atoms with Crippen LogP contribution in [0.1, 0.15) is 11.1 Å². The van der Waals surface area contributed by atoms with E-state index in [1.807, 2.05) is 30.5 Å². The molecule has 0 aliphatic carbocycles. The Morgan fingerprint density at radius 3 is 2.80 bits per heavy atom. The molecular weight excluding hydrogens is 252 g/mol. The first-order valence-corrected chi connectivity index (χ1v) is 6.47. The Hall–Kier alpha value is -2.46. The minimum Gasteiger partial charge on any atom is -0.504 e. The third kappa shape index (κ3) is 2.33. The number of rotatable bonds is 4. The van der Waals surface area contributed by atoms with E-state index in [1.165, 1.54) is 0 Å². The fraction of sp³-hybridized carbons (Fsp3) is 0.125. The summed E-state index contributed by atoms with van der Waals surface area (Å²) in [5, 5.41) is 10.8. The molecule has 0 unspecified atom stereocenters. The highest BCUT2D eigenvalue weighted by Gasteiger charge is 2.06. The average molecular weight is 268 g/mol. The molecule has 3 aromatic rings. The molecular formula is C16H16N2O2. The van der Waals surface area contributed by atoms with Gasteiger partial charge in [0, 0.05) is 29.2 Å². The Morgan fingerprint density at radius 1 is 1.15 bits per heavy atom. The Kier molecular flexibility index (Phi) is 3.31. The third-order valence-electron chi connectivity index (χ3n) is 3.32. The second-order valence-electron chi connectivity index (χ2n) is 4.65. The van der Waals surface area contributed by atoms with Crippen LogP contribution in [-0.4, -0.2) is 10.1 Å². The van der Waals surface area contributed by atoms with Gasteiger partial charge in [0.2, 0.25) is 0 Å². The minimum absolute atomic E-state index is 0.151. The second kappa shape index (κ2) is 5.27. The molecule has 0 aliphatic rings. The highest BCUT2D eigenvalue weighted by Crippen LogP contribution is 2.27. The van der Waals surface area contributed by atoms with Crippen LogP contribution in [0.2, 0.25) is 0 Å². The Balaban J connectivity index is 1.83. The summed E-state index contributed by atoms with van der Waals surface area (Å²) < 4.78 is 5.65. The van der Waals surface area contributed by atoms with Crippen LogP contribution in [0, 0.1) is 0 Å². The van der Waals surface area contributed by atoms with E-state index >= 15 is 0 Å². The van der Waals surface area contributed by atoms with Gasteiger partial charge in [-0.3, -0.25) is 0 Å². The monoisotopic (exact) mass is 268 g/mol. The molecule has 0 fully saturated rings. The van der Waals surface area contributed by atoms with Gasteiger partial charge in [-0.15, -0.1) is 0 Å². The molecule has 0 aliphatic heterocycles. The molecule has 0 spiro atoms. The number of aromatic amines is 1. The van der Waals surface area contributed by atoms with Crippen molar-refractivity contribution in [3.05, 3.63) is 59.8 Å². The summed E-state index contributed by atoms with van der Waals surface area (Å²) in [5.41, 5.74) is 8.82. The Morgan fingerprint density at radius 2 is 2.00 bits per heavy atom. The predicted octanol–water partition coefficient (Wildman–Crippen LogP) is 2.91. The van der Waals surface area contributed by atoms with Gasteiger partial charge >= 0.3 is 0 Å². The summed E-state index contributed by atoms with van der Waals surface area (Å²) in [5.74, 6) is 0.637. The number of nitrogens with one attached hydrogen (secondary N) is 1. The summed E-state index contributed by atoms with van der Waals surface area (Å²) >= 11 is 0. The zero-order valence-electron chi connectivity index (χ0n) is 11.0. The van der Waals surface area contributed by atoms with E-state index in [-0.39, 0.29) is 5.75 Å². The Bertz CT molecular complexity index is 734. The van der Waals surface area contributed by atoms with Crippen LogP contribution in [0.5, 0.6) is 11.5 Å². The maximum absolute atomic E-state index is 9.67. The molecule has 4 heteroatoms.